The van der Waals surface area contributed by atoms with Crippen molar-refractivity contribution >= 4 is 5.91 Å². The summed E-state index contributed by atoms with van der Waals surface area (Å²) < 4.78 is 19.8. The molecule has 3 rings (SSSR count). The molecule has 27 heavy (non-hydrogen) atoms. The number of ether oxygens (including phenoxy) is 1. The quantitative estimate of drug-likeness (QED) is 0.789. The lowest BCUT2D eigenvalue weighted by molar-refractivity contribution is -0.0757. The maximum absolute atomic E-state index is 14.1. The van der Waals surface area contributed by atoms with Gasteiger partial charge in [0.05, 0.1) is 7.11 Å². The van der Waals surface area contributed by atoms with Crippen LogP contribution < -0.4 is 10.1 Å². The molecule has 0 unspecified atom stereocenters. The van der Waals surface area contributed by atoms with E-state index in [1.54, 1.807) is 6.07 Å². The predicted molar refractivity (Wildman–Crippen MR) is 98.9 cm³/mol. The summed E-state index contributed by atoms with van der Waals surface area (Å²) in [7, 11) is 2.89. The molecule has 2 aromatic rings. The van der Waals surface area contributed by atoms with Crippen molar-refractivity contribution < 1.29 is 18.8 Å². The number of hydroxylamine groups is 2. The van der Waals surface area contributed by atoms with Gasteiger partial charge in [-0.3, -0.25) is 9.63 Å². The van der Waals surface area contributed by atoms with Crippen molar-refractivity contribution in [2.45, 2.75) is 25.4 Å². The van der Waals surface area contributed by atoms with E-state index in [9.17, 15) is 9.18 Å². The number of nitrogens with one attached hydrogen (secondary N) is 1. The van der Waals surface area contributed by atoms with Crippen LogP contribution in [0.1, 0.15) is 40.4 Å². The first kappa shape index (κ1) is 19.3. The third-order valence-corrected chi connectivity index (χ3v) is 4.73. The molecule has 1 N–H and O–H groups in total. The minimum Gasteiger partial charge on any atom is -0.473 e. The molecule has 1 aromatic carbocycles. The molecule has 6 nitrogen and oxygen atoms in total. The Labute approximate surface area is 158 Å². The summed E-state index contributed by atoms with van der Waals surface area (Å²) in [6, 6.07) is 9.83. The van der Waals surface area contributed by atoms with Gasteiger partial charge in [0.25, 0.3) is 5.91 Å². The van der Waals surface area contributed by atoms with Crippen LogP contribution in [0.25, 0.3) is 0 Å². The van der Waals surface area contributed by atoms with Crippen molar-refractivity contribution in [3.63, 3.8) is 0 Å². The molecule has 1 fully saturated rings. The van der Waals surface area contributed by atoms with Crippen molar-refractivity contribution in [1.82, 2.24) is 15.4 Å². The molecule has 1 aromatic heterocycles. The highest BCUT2D eigenvalue weighted by Gasteiger charge is 2.17. The number of pyridine rings is 1. The third kappa shape index (κ3) is 4.81. The van der Waals surface area contributed by atoms with Crippen LogP contribution in [0.4, 0.5) is 4.39 Å². The standard InChI is InChI=1S/C20H24FN3O3/c1-24(26-2)20(25)15-6-7-17(21)16(12-15)13-27-19-5-3-4-18(23-19)14-8-10-22-11-9-14/h3-7,12,14,22H,8-11,13H2,1-2H3. The van der Waals surface area contributed by atoms with Crippen molar-refractivity contribution in [2.75, 3.05) is 27.2 Å². The molecule has 7 heteroatoms. The number of hydrogen-bond acceptors (Lipinski definition) is 5. The number of aromatic nitrogens is 1. The second-order valence-corrected chi connectivity index (χ2v) is 6.51. The van der Waals surface area contributed by atoms with Crippen molar-refractivity contribution in [3.8, 4) is 5.88 Å². The van der Waals surface area contributed by atoms with Crippen molar-refractivity contribution in [1.29, 1.82) is 0 Å². The number of amides is 1. The van der Waals surface area contributed by atoms with Crippen LogP contribution in [0.5, 0.6) is 5.88 Å². The molecule has 1 saturated heterocycles. The highest BCUT2D eigenvalue weighted by atomic mass is 19.1. The molecule has 1 aliphatic rings. The Morgan fingerprint density at radius 2 is 2.07 bits per heavy atom. The number of hydrogen-bond donors (Lipinski definition) is 1. The molecular weight excluding hydrogens is 349 g/mol. The third-order valence-electron chi connectivity index (χ3n) is 4.73. The van der Waals surface area contributed by atoms with Crippen molar-refractivity contribution in [2.24, 2.45) is 0 Å². The first-order chi connectivity index (χ1) is 13.1. The second kappa shape index (κ2) is 8.92. The number of piperidine rings is 1. The van der Waals surface area contributed by atoms with Gasteiger partial charge >= 0.3 is 0 Å². The normalized spacial score (nSPS) is 14.8. The number of benzene rings is 1. The van der Waals surface area contributed by atoms with Gasteiger partial charge in [0.1, 0.15) is 12.4 Å². The monoisotopic (exact) mass is 373 g/mol. The minimum atomic E-state index is -0.430. The zero-order valence-electron chi connectivity index (χ0n) is 15.6. The fourth-order valence-corrected chi connectivity index (χ4v) is 3.09. The summed E-state index contributed by atoms with van der Waals surface area (Å²) >= 11 is 0. The van der Waals surface area contributed by atoms with E-state index < -0.39 is 5.82 Å². The first-order valence-electron chi connectivity index (χ1n) is 8.99. The van der Waals surface area contributed by atoms with E-state index in [-0.39, 0.29) is 12.5 Å². The molecule has 0 atom stereocenters. The predicted octanol–water partition coefficient (Wildman–Crippen LogP) is 2.90. The van der Waals surface area contributed by atoms with E-state index >= 15 is 0 Å². The van der Waals surface area contributed by atoms with E-state index in [0.29, 0.717) is 22.9 Å². The largest absolute Gasteiger partial charge is 0.473 e. The van der Waals surface area contributed by atoms with E-state index in [0.717, 1.165) is 36.7 Å². The number of carbonyl (C=O) groups excluding carboxylic acids is 1. The maximum Gasteiger partial charge on any atom is 0.277 e. The zero-order chi connectivity index (χ0) is 19.2. The van der Waals surface area contributed by atoms with E-state index in [1.807, 2.05) is 12.1 Å². The summed E-state index contributed by atoms with van der Waals surface area (Å²) in [5, 5.41) is 4.42. The summed E-state index contributed by atoms with van der Waals surface area (Å²) in [6.45, 7) is 1.96. The summed E-state index contributed by atoms with van der Waals surface area (Å²) in [5.74, 6) is 0.0825. The van der Waals surface area contributed by atoms with Crippen LogP contribution in [-0.4, -0.2) is 43.2 Å². The molecular formula is C20H24FN3O3. The molecule has 0 aliphatic carbocycles. The highest BCUT2D eigenvalue weighted by molar-refractivity contribution is 5.93. The van der Waals surface area contributed by atoms with Gasteiger partial charge in [0.2, 0.25) is 5.88 Å². The van der Waals surface area contributed by atoms with Crippen LogP contribution in [0, 0.1) is 5.82 Å². The molecule has 2 heterocycles. The van der Waals surface area contributed by atoms with Crippen LogP contribution in [0.3, 0.4) is 0 Å². The van der Waals surface area contributed by atoms with E-state index in [2.05, 4.69) is 10.3 Å². The summed E-state index contributed by atoms with van der Waals surface area (Å²) in [5.41, 5.74) is 1.62. The average Bonchev–Trinajstić information content (AvgIpc) is 2.73. The smallest absolute Gasteiger partial charge is 0.277 e. The Balaban J connectivity index is 1.70. The van der Waals surface area contributed by atoms with E-state index in [4.69, 9.17) is 9.57 Å². The van der Waals surface area contributed by atoms with Crippen LogP contribution in [0.2, 0.25) is 0 Å². The van der Waals surface area contributed by atoms with Gasteiger partial charge in [-0.2, -0.15) is 0 Å². The molecule has 0 spiro atoms. The minimum absolute atomic E-state index is 0.00761. The van der Waals surface area contributed by atoms with Gasteiger partial charge in [-0.1, -0.05) is 6.07 Å². The molecule has 0 bridgehead atoms. The number of halogens is 1. The van der Waals surface area contributed by atoms with Gasteiger partial charge in [-0.05, 0) is 50.2 Å². The van der Waals surface area contributed by atoms with Gasteiger partial charge in [-0.15, -0.1) is 0 Å². The lowest BCUT2D eigenvalue weighted by Gasteiger charge is -2.22. The Hall–Kier alpha value is -2.51. The number of carbonyl (C=O) groups is 1. The van der Waals surface area contributed by atoms with Gasteiger partial charge in [-0.25, -0.2) is 14.4 Å². The number of nitrogens with zero attached hydrogens (tertiary/aromatic N) is 2. The molecule has 0 saturated carbocycles. The molecule has 144 valence electrons. The Morgan fingerprint density at radius 3 is 2.81 bits per heavy atom. The molecule has 0 radical (unpaired) electrons. The zero-order valence-corrected chi connectivity index (χ0v) is 15.6. The Morgan fingerprint density at radius 1 is 1.30 bits per heavy atom. The lowest BCUT2D eigenvalue weighted by Crippen LogP contribution is -2.27. The number of rotatable bonds is 6. The van der Waals surface area contributed by atoms with Crippen molar-refractivity contribution in [3.05, 3.63) is 59.0 Å². The SMILES string of the molecule is CON(C)C(=O)c1ccc(F)c(COc2cccc(C3CCNCC3)n2)c1. The van der Waals surface area contributed by atoms with Gasteiger partial charge < -0.3 is 10.1 Å². The van der Waals surface area contributed by atoms with Gasteiger partial charge in [0, 0.05) is 35.9 Å². The Kier molecular flexibility index (Phi) is 6.36. The van der Waals surface area contributed by atoms with Gasteiger partial charge in [0.15, 0.2) is 0 Å². The van der Waals surface area contributed by atoms with E-state index in [1.165, 1.54) is 32.4 Å². The summed E-state index contributed by atoms with van der Waals surface area (Å²) in [4.78, 5) is 21.6. The van der Waals surface area contributed by atoms with Crippen LogP contribution >= 0.6 is 0 Å². The van der Waals surface area contributed by atoms with Crippen LogP contribution in [-0.2, 0) is 11.4 Å². The average molecular weight is 373 g/mol. The second-order valence-electron chi connectivity index (χ2n) is 6.51. The highest BCUT2D eigenvalue weighted by Crippen LogP contribution is 2.25. The summed E-state index contributed by atoms with van der Waals surface area (Å²) in [6.07, 6.45) is 2.09. The fourth-order valence-electron chi connectivity index (χ4n) is 3.09. The Bertz CT molecular complexity index is 794. The fraction of sp³-hybridized carbons (Fsp3) is 0.400. The van der Waals surface area contributed by atoms with Crippen LogP contribution in [0.15, 0.2) is 36.4 Å². The lowest BCUT2D eigenvalue weighted by atomic mass is 9.94. The molecule has 1 aliphatic heterocycles. The first-order valence-corrected chi connectivity index (χ1v) is 8.99. The maximum atomic E-state index is 14.1. The molecule has 1 amide bonds. The topological polar surface area (TPSA) is 63.7 Å².